The van der Waals surface area contributed by atoms with Gasteiger partial charge in [0.15, 0.2) is 5.78 Å². The average Bonchev–Trinajstić information content (AvgIpc) is 2.42. The topological polar surface area (TPSA) is 26.3 Å². The molecule has 1 atom stereocenters. The molecule has 0 radical (unpaired) electrons. The number of Topliss-reactive ketones (excluding diaryl/α,β-unsaturated/α-hetero) is 1. The van der Waals surface area contributed by atoms with Crippen LogP contribution in [0, 0.1) is 0 Å². The van der Waals surface area contributed by atoms with Gasteiger partial charge in [0.25, 0.3) is 0 Å². The molecule has 0 N–H and O–H groups in total. The Balaban J connectivity index is 3.25. The number of carbonyl (C=O) groups is 1. The SMILES string of the molecule is COC(CC(F)(C(F)(F)F)C(F)(F)F)c1cccc(C(C)=O)c1. The molecule has 0 fully saturated rings. The fraction of sp³-hybridized carbons (Fsp3) is 0.500. The molecular weight excluding hydrogens is 333 g/mol. The molecule has 0 aliphatic heterocycles. The third-order valence-electron chi connectivity index (χ3n) is 3.31. The largest absolute Gasteiger partial charge is 0.431 e. The van der Waals surface area contributed by atoms with Gasteiger partial charge in [-0.1, -0.05) is 18.2 Å². The highest BCUT2D eigenvalue weighted by Crippen LogP contribution is 2.51. The summed E-state index contributed by atoms with van der Waals surface area (Å²) in [5.41, 5.74) is -5.52. The molecule has 9 heteroatoms. The van der Waals surface area contributed by atoms with Crippen molar-refractivity contribution in [3.8, 4) is 0 Å². The van der Waals surface area contributed by atoms with E-state index in [2.05, 4.69) is 4.74 Å². The van der Waals surface area contributed by atoms with Gasteiger partial charge in [-0.2, -0.15) is 26.3 Å². The molecule has 0 aromatic heterocycles. The van der Waals surface area contributed by atoms with Crippen LogP contribution in [-0.4, -0.2) is 30.9 Å². The van der Waals surface area contributed by atoms with Gasteiger partial charge >= 0.3 is 18.0 Å². The van der Waals surface area contributed by atoms with Gasteiger partial charge in [-0.05, 0) is 18.6 Å². The fourth-order valence-electron chi connectivity index (χ4n) is 1.94. The fourth-order valence-corrected chi connectivity index (χ4v) is 1.94. The second-order valence-corrected chi connectivity index (χ2v) is 4.91. The van der Waals surface area contributed by atoms with Gasteiger partial charge in [0.05, 0.1) is 6.10 Å². The normalized spacial score (nSPS) is 14.7. The summed E-state index contributed by atoms with van der Waals surface area (Å²) in [7, 11) is 0.859. The van der Waals surface area contributed by atoms with Crippen molar-refractivity contribution in [2.45, 2.75) is 37.5 Å². The summed E-state index contributed by atoms with van der Waals surface area (Å²) in [5, 5.41) is 0. The van der Waals surface area contributed by atoms with Gasteiger partial charge in [0.2, 0.25) is 0 Å². The van der Waals surface area contributed by atoms with Gasteiger partial charge in [-0.15, -0.1) is 0 Å². The van der Waals surface area contributed by atoms with Crippen LogP contribution >= 0.6 is 0 Å². The number of carbonyl (C=O) groups excluding carboxylic acids is 1. The summed E-state index contributed by atoms with van der Waals surface area (Å²) in [6.45, 7) is 1.17. The molecule has 1 aromatic carbocycles. The van der Waals surface area contributed by atoms with Crippen LogP contribution in [0.4, 0.5) is 30.7 Å². The molecule has 0 spiro atoms. The lowest BCUT2D eigenvalue weighted by Crippen LogP contribution is -2.54. The molecule has 1 aromatic rings. The molecule has 1 unspecified atom stereocenters. The van der Waals surface area contributed by atoms with Crippen LogP contribution in [0.1, 0.15) is 35.4 Å². The van der Waals surface area contributed by atoms with E-state index in [1.165, 1.54) is 19.1 Å². The van der Waals surface area contributed by atoms with Crippen LogP contribution in [0.15, 0.2) is 24.3 Å². The molecule has 0 saturated heterocycles. The van der Waals surface area contributed by atoms with Crippen molar-refractivity contribution in [1.29, 1.82) is 0 Å². The average molecular weight is 346 g/mol. The predicted octanol–water partition coefficient (Wildman–Crippen LogP) is 4.80. The molecule has 0 bridgehead atoms. The third-order valence-corrected chi connectivity index (χ3v) is 3.31. The number of ether oxygens (including phenoxy) is 1. The van der Waals surface area contributed by atoms with Crippen LogP contribution in [0.25, 0.3) is 0 Å². The van der Waals surface area contributed by atoms with Crippen molar-refractivity contribution < 1.29 is 40.3 Å². The van der Waals surface area contributed by atoms with Crippen LogP contribution in [0.3, 0.4) is 0 Å². The quantitative estimate of drug-likeness (QED) is 0.565. The van der Waals surface area contributed by atoms with E-state index in [1.807, 2.05) is 0 Å². The van der Waals surface area contributed by atoms with E-state index in [-0.39, 0.29) is 11.1 Å². The highest BCUT2D eigenvalue weighted by Gasteiger charge is 2.72. The maximum absolute atomic E-state index is 13.8. The first-order valence-corrected chi connectivity index (χ1v) is 6.29. The van der Waals surface area contributed by atoms with E-state index < -0.39 is 36.3 Å². The number of methoxy groups -OCH3 is 1. The Kier molecular flexibility index (Phi) is 5.45. The van der Waals surface area contributed by atoms with E-state index in [4.69, 9.17) is 0 Å². The van der Waals surface area contributed by atoms with Crippen LogP contribution in [0.5, 0.6) is 0 Å². The highest BCUT2D eigenvalue weighted by atomic mass is 19.4. The molecule has 0 aliphatic rings. The molecule has 0 amide bonds. The van der Waals surface area contributed by atoms with E-state index in [0.29, 0.717) is 0 Å². The monoisotopic (exact) mass is 346 g/mol. The number of benzene rings is 1. The minimum absolute atomic E-state index is 0.0630. The number of alkyl halides is 7. The van der Waals surface area contributed by atoms with Gasteiger partial charge in [0, 0.05) is 19.1 Å². The maximum Gasteiger partial charge on any atom is 0.431 e. The molecule has 0 aliphatic carbocycles. The number of hydrogen-bond acceptors (Lipinski definition) is 2. The molecule has 2 nitrogen and oxygen atoms in total. The van der Waals surface area contributed by atoms with Crippen LogP contribution in [-0.2, 0) is 4.74 Å². The summed E-state index contributed by atoms with van der Waals surface area (Å²) < 4.78 is 94.1. The number of halogens is 7. The summed E-state index contributed by atoms with van der Waals surface area (Å²) in [6.07, 6.45) is -16.1. The van der Waals surface area contributed by atoms with Gasteiger partial charge in [0.1, 0.15) is 0 Å². The van der Waals surface area contributed by atoms with Gasteiger partial charge < -0.3 is 4.74 Å². The lowest BCUT2D eigenvalue weighted by molar-refractivity contribution is -0.348. The first kappa shape index (κ1) is 19.4. The second kappa shape index (κ2) is 6.46. The Morgan fingerprint density at radius 3 is 2.00 bits per heavy atom. The number of hydrogen-bond donors (Lipinski definition) is 0. The second-order valence-electron chi connectivity index (χ2n) is 4.91. The van der Waals surface area contributed by atoms with Crippen molar-refractivity contribution in [3.63, 3.8) is 0 Å². The number of rotatable bonds is 5. The van der Waals surface area contributed by atoms with Crippen molar-refractivity contribution >= 4 is 5.78 Å². The molecule has 130 valence electrons. The van der Waals surface area contributed by atoms with Crippen molar-refractivity contribution in [2.24, 2.45) is 0 Å². The van der Waals surface area contributed by atoms with Crippen molar-refractivity contribution in [3.05, 3.63) is 35.4 Å². The predicted molar refractivity (Wildman–Crippen MR) is 66.8 cm³/mol. The molecule has 23 heavy (non-hydrogen) atoms. The summed E-state index contributed by atoms with van der Waals surface area (Å²) >= 11 is 0. The molecule has 0 saturated carbocycles. The summed E-state index contributed by atoms with van der Waals surface area (Å²) in [4.78, 5) is 11.2. The summed E-state index contributed by atoms with van der Waals surface area (Å²) in [5.74, 6) is -0.445. The lowest BCUT2D eigenvalue weighted by Gasteiger charge is -2.32. The Bertz CT molecular complexity index is 549. The van der Waals surface area contributed by atoms with Gasteiger partial charge in [-0.3, -0.25) is 4.79 Å². The third kappa shape index (κ3) is 4.01. The Morgan fingerprint density at radius 2 is 1.61 bits per heavy atom. The Hall–Kier alpha value is -1.64. The van der Waals surface area contributed by atoms with E-state index in [9.17, 15) is 35.5 Å². The highest BCUT2D eigenvalue weighted by molar-refractivity contribution is 5.94. The van der Waals surface area contributed by atoms with E-state index in [0.717, 1.165) is 19.2 Å². The van der Waals surface area contributed by atoms with Crippen LogP contribution in [0.2, 0.25) is 0 Å². The Morgan fingerprint density at radius 1 is 1.09 bits per heavy atom. The minimum Gasteiger partial charge on any atom is -0.377 e. The van der Waals surface area contributed by atoms with E-state index in [1.54, 1.807) is 0 Å². The number of ketones is 1. The molecule has 1 rings (SSSR count). The zero-order chi connectivity index (χ0) is 18.1. The van der Waals surface area contributed by atoms with Crippen molar-refractivity contribution in [1.82, 2.24) is 0 Å². The van der Waals surface area contributed by atoms with Crippen LogP contribution < -0.4 is 0 Å². The first-order valence-electron chi connectivity index (χ1n) is 6.29. The zero-order valence-electron chi connectivity index (χ0n) is 12.1. The van der Waals surface area contributed by atoms with Crippen molar-refractivity contribution in [2.75, 3.05) is 7.11 Å². The van der Waals surface area contributed by atoms with Gasteiger partial charge in [-0.25, -0.2) is 4.39 Å². The Labute approximate surface area is 127 Å². The smallest absolute Gasteiger partial charge is 0.377 e. The lowest BCUT2D eigenvalue weighted by atomic mass is 9.92. The molecular formula is C14H13F7O2. The zero-order valence-corrected chi connectivity index (χ0v) is 12.1. The van der Waals surface area contributed by atoms with E-state index >= 15 is 0 Å². The standard InChI is InChI=1S/C14H13F7O2/c1-8(22)9-4-3-5-10(6-9)11(23-2)7-12(15,13(16,17)18)14(19,20)21/h3-6,11H,7H2,1-2H3. The maximum atomic E-state index is 13.8. The first-order chi connectivity index (χ1) is 10.3. The molecule has 0 heterocycles. The minimum atomic E-state index is -6.15. The summed E-state index contributed by atoms with van der Waals surface area (Å²) in [6, 6.07) is 4.82.